The summed E-state index contributed by atoms with van der Waals surface area (Å²) in [6.07, 6.45) is 0. The summed E-state index contributed by atoms with van der Waals surface area (Å²) in [6, 6.07) is 11.9. The van der Waals surface area contributed by atoms with Crippen molar-refractivity contribution in [3.05, 3.63) is 36.0 Å². The van der Waals surface area contributed by atoms with E-state index in [1.165, 1.54) is 5.69 Å². The number of rotatable bonds is 1. The van der Waals surface area contributed by atoms with Crippen LogP contribution in [0.2, 0.25) is 0 Å². The van der Waals surface area contributed by atoms with E-state index in [0.29, 0.717) is 5.69 Å². The van der Waals surface area contributed by atoms with Crippen molar-refractivity contribution >= 4 is 16.6 Å². The molecule has 1 aromatic heterocycles. The molecule has 0 saturated carbocycles. The molecule has 2 aromatic rings. The van der Waals surface area contributed by atoms with Crippen LogP contribution in [-0.2, 0) is 4.74 Å². The first kappa shape index (κ1) is 11.0. The maximum absolute atomic E-state index is 8.82. The van der Waals surface area contributed by atoms with E-state index in [9.17, 15) is 0 Å². The van der Waals surface area contributed by atoms with Gasteiger partial charge in [-0.25, -0.2) is 4.98 Å². The number of pyridine rings is 1. The minimum Gasteiger partial charge on any atom is -0.378 e. The fourth-order valence-corrected chi connectivity index (χ4v) is 2.19. The third-order valence-electron chi connectivity index (χ3n) is 3.16. The molecule has 3 rings (SSSR count). The Bertz CT molecular complexity index is 612. The highest BCUT2D eigenvalue weighted by Crippen LogP contribution is 2.22. The number of fused-ring (bicyclic) bond motifs is 1. The lowest BCUT2D eigenvalue weighted by Crippen LogP contribution is -2.36. The number of anilines is 1. The van der Waals surface area contributed by atoms with E-state index >= 15 is 0 Å². The van der Waals surface area contributed by atoms with Crippen molar-refractivity contribution in [3.63, 3.8) is 0 Å². The largest absolute Gasteiger partial charge is 0.378 e. The Labute approximate surface area is 105 Å². The highest BCUT2D eigenvalue weighted by Gasteiger charge is 2.11. The van der Waals surface area contributed by atoms with Gasteiger partial charge in [0.2, 0.25) is 0 Å². The molecule has 0 N–H and O–H groups in total. The van der Waals surface area contributed by atoms with Crippen LogP contribution in [0.15, 0.2) is 30.3 Å². The number of nitriles is 1. The maximum Gasteiger partial charge on any atom is 0.141 e. The predicted molar refractivity (Wildman–Crippen MR) is 69.5 cm³/mol. The first-order valence-corrected chi connectivity index (χ1v) is 6.00. The van der Waals surface area contributed by atoms with E-state index in [-0.39, 0.29) is 0 Å². The van der Waals surface area contributed by atoms with Crippen LogP contribution in [0.25, 0.3) is 10.9 Å². The van der Waals surface area contributed by atoms with Gasteiger partial charge in [-0.1, -0.05) is 0 Å². The van der Waals surface area contributed by atoms with Crippen LogP contribution in [0.4, 0.5) is 5.69 Å². The normalized spacial score (nSPS) is 15.6. The Balaban J connectivity index is 1.98. The summed E-state index contributed by atoms with van der Waals surface area (Å²) < 4.78 is 5.35. The van der Waals surface area contributed by atoms with Crippen LogP contribution < -0.4 is 4.90 Å². The molecule has 0 amide bonds. The van der Waals surface area contributed by atoms with Crippen LogP contribution in [0, 0.1) is 11.3 Å². The minimum atomic E-state index is 0.460. The van der Waals surface area contributed by atoms with Gasteiger partial charge in [0.25, 0.3) is 0 Å². The molecule has 2 heterocycles. The summed E-state index contributed by atoms with van der Waals surface area (Å²) in [7, 11) is 0. The predicted octanol–water partition coefficient (Wildman–Crippen LogP) is 1.94. The highest BCUT2D eigenvalue weighted by atomic mass is 16.5. The van der Waals surface area contributed by atoms with E-state index in [4.69, 9.17) is 10.00 Å². The summed E-state index contributed by atoms with van der Waals surface area (Å²) >= 11 is 0. The summed E-state index contributed by atoms with van der Waals surface area (Å²) in [4.78, 5) is 6.58. The Morgan fingerprint density at radius 2 is 2.00 bits per heavy atom. The lowest BCUT2D eigenvalue weighted by molar-refractivity contribution is 0.122. The van der Waals surface area contributed by atoms with Crippen LogP contribution in [-0.4, -0.2) is 31.3 Å². The van der Waals surface area contributed by atoms with Crippen molar-refractivity contribution in [1.29, 1.82) is 5.26 Å². The molecule has 1 aromatic carbocycles. The fraction of sp³-hybridized carbons (Fsp3) is 0.286. The third-order valence-corrected chi connectivity index (χ3v) is 3.16. The number of aromatic nitrogens is 1. The van der Waals surface area contributed by atoms with Gasteiger partial charge in [0.1, 0.15) is 11.8 Å². The van der Waals surface area contributed by atoms with Crippen molar-refractivity contribution in [2.75, 3.05) is 31.2 Å². The van der Waals surface area contributed by atoms with Crippen molar-refractivity contribution < 1.29 is 4.74 Å². The van der Waals surface area contributed by atoms with Gasteiger partial charge in [-0.15, -0.1) is 0 Å². The van der Waals surface area contributed by atoms with E-state index in [1.807, 2.05) is 12.1 Å². The molecule has 0 radical (unpaired) electrons. The maximum atomic E-state index is 8.82. The summed E-state index contributed by atoms with van der Waals surface area (Å²) in [5.41, 5.74) is 2.52. The molecule has 1 saturated heterocycles. The summed E-state index contributed by atoms with van der Waals surface area (Å²) in [5, 5.41) is 9.89. The van der Waals surface area contributed by atoms with Gasteiger partial charge >= 0.3 is 0 Å². The first-order valence-electron chi connectivity index (χ1n) is 6.00. The lowest BCUT2D eigenvalue weighted by atomic mass is 10.1. The van der Waals surface area contributed by atoms with Gasteiger partial charge in [0, 0.05) is 24.2 Å². The molecule has 0 bridgehead atoms. The third kappa shape index (κ3) is 2.01. The lowest BCUT2D eigenvalue weighted by Gasteiger charge is -2.29. The van der Waals surface area contributed by atoms with Crippen LogP contribution in [0.1, 0.15) is 5.69 Å². The monoisotopic (exact) mass is 239 g/mol. The van der Waals surface area contributed by atoms with Gasteiger partial charge in [0.05, 0.1) is 18.7 Å². The van der Waals surface area contributed by atoms with E-state index in [0.717, 1.165) is 37.2 Å². The molecular weight excluding hydrogens is 226 g/mol. The molecule has 0 spiro atoms. The van der Waals surface area contributed by atoms with Crippen LogP contribution in [0.3, 0.4) is 0 Å². The molecule has 1 aliphatic rings. The molecule has 4 nitrogen and oxygen atoms in total. The zero-order valence-corrected chi connectivity index (χ0v) is 9.97. The van der Waals surface area contributed by atoms with Crippen molar-refractivity contribution in [2.24, 2.45) is 0 Å². The number of hydrogen-bond donors (Lipinski definition) is 0. The molecule has 0 aliphatic carbocycles. The van der Waals surface area contributed by atoms with Crippen molar-refractivity contribution in [3.8, 4) is 6.07 Å². The van der Waals surface area contributed by atoms with Gasteiger partial charge < -0.3 is 9.64 Å². The quantitative estimate of drug-likeness (QED) is 0.763. The summed E-state index contributed by atoms with van der Waals surface area (Å²) in [5.74, 6) is 0. The van der Waals surface area contributed by atoms with Gasteiger partial charge in [-0.05, 0) is 30.3 Å². The highest BCUT2D eigenvalue weighted by molar-refractivity contribution is 5.83. The Morgan fingerprint density at radius 1 is 1.17 bits per heavy atom. The molecule has 0 unspecified atom stereocenters. The standard InChI is InChI=1S/C14H13N3O/c15-10-12-2-1-11-9-13(3-4-14(11)16-12)17-5-7-18-8-6-17/h1-4,9H,5-8H2. The first-order chi connectivity index (χ1) is 8.86. The molecule has 0 atom stereocenters. The van der Waals surface area contributed by atoms with E-state index in [1.54, 1.807) is 6.07 Å². The SMILES string of the molecule is N#Cc1ccc2cc(N3CCOCC3)ccc2n1. The van der Waals surface area contributed by atoms with Crippen molar-refractivity contribution in [1.82, 2.24) is 4.98 Å². The molecular formula is C14H13N3O. The average molecular weight is 239 g/mol. The minimum absolute atomic E-state index is 0.460. The second kappa shape index (κ2) is 4.63. The molecule has 1 aliphatic heterocycles. The second-order valence-corrected chi connectivity index (χ2v) is 4.28. The Hall–Kier alpha value is -2.12. The van der Waals surface area contributed by atoms with Gasteiger partial charge in [-0.3, -0.25) is 0 Å². The van der Waals surface area contributed by atoms with E-state index < -0.39 is 0 Å². The fourth-order valence-electron chi connectivity index (χ4n) is 2.19. The second-order valence-electron chi connectivity index (χ2n) is 4.28. The van der Waals surface area contributed by atoms with Gasteiger partial charge in [-0.2, -0.15) is 5.26 Å². The van der Waals surface area contributed by atoms with Crippen molar-refractivity contribution in [2.45, 2.75) is 0 Å². The Kier molecular flexibility index (Phi) is 2.83. The number of benzene rings is 1. The number of morpholine rings is 1. The zero-order valence-electron chi connectivity index (χ0n) is 9.97. The van der Waals surface area contributed by atoms with Crippen LogP contribution >= 0.6 is 0 Å². The zero-order chi connectivity index (χ0) is 12.4. The molecule has 4 heteroatoms. The van der Waals surface area contributed by atoms with E-state index in [2.05, 4.69) is 28.1 Å². The van der Waals surface area contributed by atoms with Crippen LogP contribution in [0.5, 0.6) is 0 Å². The smallest absolute Gasteiger partial charge is 0.141 e. The average Bonchev–Trinajstić information content (AvgIpc) is 2.47. The number of ether oxygens (including phenoxy) is 1. The molecule has 18 heavy (non-hydrogen) atoms. The number of hydrogen-bond acceptors (Lipinski definition) is 4. The molecule has 1 fully saturated rings. The van der Waals surface area contributed by atoms with Gasteiger partial charge in [0.15, 0.2) is 0 Å². The number of nitrogens with zero attached hydrogens (tertiary/aromatic N) is 3. The Morgan fingerprint density at radius 3 is 2.78 bits per heavy atom. The summed E-state index contributed by atoms with van der Waals surface area (Å²) in [6.45, 7) is 3.41. The topological polar surface area (TPSA) is 49.2 Å². The molecule has 90 valence electrons.